The Bertz CT molecular complexity index is 1630. The number of nitrogens with zero attached hydrogens (tertiary/aromatic N) is 2. The number of nitrogens with one attached hydrogen (secondary N) is 1. The van der Waals surface area contributed by atoms with E-state index in [1.165, 1.54) is 36.3 Å². The van der Waals surface area contributed by atoms with Crippen LogP contribution in [0, 0.1) is 5.82 Å². The summed E-state index contributed by atoms with van der Waals surface area (Å²) in [6.45, 7) is 1.82. The standard InChI is InChI=1S/C35H38FN3O5S/c1-3-4-23-37-35(41)33(24-27-11-7-5-8-12-27)38(25-28-15-17-29(36)18-16-28)34(40)26-39(30-19-21-31(44-2)22-20-30)45(42,43)32-13-9-6-10-14-32/h5-22,33H,3-4,23-26H2,1-2H3,(H,37,41). The Labute approximate surface area is 264 Å². The number of hydrogen-bond donors (Lipinski definition) is 1. The maximum atomic E-state index is 14.4. The Hall–Kier alpha value is -4.70. The van der Waals surface area contributed by atoms with Gasteiger partial charge >= 0.3 is 0 Å². The number of benzene rings is 4. The molecule has 4 rings (SSSR count). The highest BCUT2D eigenvalue weighted by atomic mass is 32.2. The van der Waals surface area contributed by atoms with Gasteiger partial charge in [-0.3, -0.25) is 13.9 Å². The number of ether oxygens (including phenoxy) is 1. The predicted molar refractivity (Wildman–Crippen MR) is 173 cm³/mol. The van der Waals surface area contributed by atoms with E-state index in [0.717, 1.165) is 22.7 Å². The topological polar surface area (TPSA) is 96.0 Å². The zero-order valence-corrected chi connectivity index (χ0v) is 26.3. The summed E-state index contributed by atoms with van der Waals surface area (Å²) in [6.07, 6.45) is 1.83. The highest BCUT2D eigenvalue weighted by Gasteiger charge is 2.34. The fraction of sp³-hybridized carbons (Fsp3) is 0.257. The van der Waals surface area contributed by atoms with Crippen LogP contribution < -0.4 is 14.4 Å². The number of hydrogen-bond acceptors (Lipinski definition) is 5. The van der Waals surface area contributed by atoms with Crippen LogP contribution in [0.2, 0.25) is 0 Å². The van der Waals surface area contributed by atoms with Crippen LogP contribution in [-0.4, -0.2) is 51.4 Å². The number of amides is 2. The van der Waals surface area contributed by atoms with Crippen LogP contribution in [0.25, 0.3) is 0 Å². The van der Waals surface area contributed by atoms with Gasteiger partial charge in [0, 0.05) is 19.5 Å². The van der Waals surface area contributed by atoms with Crippen LogP contribution in [0.3, 0.4) is 0 Å². The van der Waals surface area contributed by atoms with Gasteiger partial charge in [0.05, 0.1) is 17.7 Å². The van der Waals surface area contributed by atoms with Crippen molar-refractivity contribution in [1.82, 2.24) is 10.2 Å². The predicted octanol–water partition coefficient (Wildman–Crippen LogP) is 5.59. The van der Waals surface area contributed by atoms with Crippen molar-refractivity contribution in [2.75, 3.05) is 24.5 Å². The Morgan fingerprint density at radius 3 is 2.07 bits per heavy atom. The maximum absolute atomic E-state index is 14.4. The molecule has 0 saturated carbocycles. The number of carbonyl (C=O) groups excluding carboxylic acids is 2. The summed E-state index contributed by atoms with van der Waals surface area (Å²) in [5, 5.41) is 2.95. The molecular formula is C35H38FN3O5S. The molecule has 0 aliphatic carbocycles. The molecule has 236 valence electrons. The van der Waals surface area contributed by atoms with Crippen molar-refractivity contribution in [3.05, 3.63) is 126 Å². The van der Waals surface area contributed by atoms with Gasteiger partial charge in [0.1, 0.15) is 24.2 Å². The van der Waals surface area contributed by atoms with E-state index < -0.39 is 34.3 Å². The van der Waals surface area contributed by atoms with Crippen molar-refractivity contribution in [3.8, 4) is 5.75 Å². The van der Waals surface area contributed by atoms with E-state index in [-0.39, 0.29) is 29.5 Å². The molecule has 2 amide bonds. The zero-order valence-electron chi connectivity index (χ0n) is 25.4. The number of anilines is 1. The van der Waals surface area contributed by atoms with E-state index in [9.17, 15) is 22.4 Å². The largest absolute Gasteiger partial charge is 0.497 e. The summed E-state index contributed by atoms with van der Waals surface area (Å²) in [5.74, 6) is -0.868. The van der Waals surface area contributed by atoms with Crippen molar-refractivity contribution < 1.29 is 27.1 Å². The highest BCUT2D eigenvalue weighted by Crippen LogP contribution is 2.27. The molecule has 0 spiro atoms. The highest BCUT2D eigenvalue weighted by molar-refractivity contribution is 7.92. The van der Waals surface area contributed by atoms with Crippen molar-refractivity contribution >= 4 is 27.5 Å². The lowest BCUT2D eigenvalue weighted by Gasteiger charge is -2.34. The van der Waals surface area contributed by atoms with Gasteiger partial charge < -0.3 is 15.0 Å². The van der Waals surface area contributed by atoms with Crippen molar-refractivity contribution in [1.29, 1.82) is 0 Å². The summed E-state index contributed by atoms with van der Waals surface area (Å²) in [5.41, 5.74) is 1.67. The minimum absolute atomic E-state index is 0.0110. The van der Waals surface area contributed by atoms with Gasteiger partial charge in [-0.05, 0) is 66.1 Å². The number of rotatable bonds is 15. The van der Waals surface area contributed by atoms with E-state index >= 15 is 0 Å². The Morgan fingerprint density at radius 2 is 1.47 bits per heavy atom. The van der Waals surface area contributed by atoms with Crippen molar-refractivity contribution in [2.24, 2.45) is 0 Å². The molecule has 0 heterocycles. The summed E-state index contributed by atoms with van der Waals surface area (Å²) >= 11 is 0. The van der Waals surface area contributed by atoms with E-state index in [1.807, 2.05) is 37.3 Å². The molecule has 10 heteroatoms. The SMILES string of the molecule is CCCCNC(=O)C(Cc1ccccc1)N(Cc1ccc(F)cc1)C(=O)CN(c1ccc(OC)cc1)S(=O)(=O)c1ccccc1. The molecule has 0 fully saturated rings. The van der Waals surface area contributed by atoms with Crippen LogP contribution >= 0.6 is 0 Å². The Morgan fingerprint density at radius 1 is 0.844 bits per heavy atom. The lowest BCUT2D eigenvalue weighted by atomic mass is 10.0. The third-order valence-electron chi connectivity index (χ3n) is 7.34. The normalized spacial score (nSPS) is 11.8. The molecule has 8 nitrogen and oxygen atoms in total. The van der Waals surface area contributed by atoms with E-state index in [0.29, 0.717) is 17.9 Å². The maximum Gasteiger partial charge on any atom is 0.264 e. The Kier molecular flexibility index (Phi) is 11.7. The van der Waals surface area contributed by atoms with Gasteiger partial charge in [0.2, 0.25) is 11.8 Å². The molecule has 1 N–H and O–H groups in total. The summed E-state index contributed by atoms with van der Waals surface area (Å²) in [7, 11) is -2.71. The third kappa shape index (κ3) is 8.92. The van der Waals surface area contributed by atoms with E-state index in [2.05, 4.69) is 5.32 Å². The molecule has 1 unspecified atom stereocenters. The summed E-state index contributed by atoms with van der Waals surface area (Å²) in [6, 6.07) is 28.2. The van der Waals surface area contributed by atoms with Gasteiger partial charge in [0.15, 0.2) is 0 Å². The second-order valence-electron chi connectivity index (χ2n) is 10.5. The summed E-state index contributed by atoms with van der Waals surface area (Å²) < 4.78 is 48.1. The van der Waals surface area contributed by atoms with Crippen LogP contribution in [0.1, 0.15) is 30.9 Å². The fourth-order valence-corrected chi connectivity index (χ4v) is 6.28. The number of halogens is 1. The fourth-order valence-electron chi connectivity index (χ4n) is 4.84. The molecule has 4 aromatic carbocycles. The van der Waals surface area contributed by atoms with Crippen LogP contribution in [0.15, 0.2) is 114 Å². The van der Waals surface area contributed by atoms with Crippen molar-refractivity contribution in [2.45, 2.75) is 43.7 Å². The smallest absolute Gasteiger partial charge is 0.264 e. The molecule has 1 atom stereocenters. The first-order valence-corrected chi connectivity index (χ1v) is 16.2. The minimum atomic E-state index is -4.21. The van der Waals surface area contributed by atoms with Gasteiger partial charge in [-0.1, -0.05) is 74.0 Å². The van der Waals surface area contributed by atoms with Gasteiger partial charge in [0.25, 0.3) is 10.0 Å². The molecule has 0 saturated heterocycles. The summed E-state index contributed by atoms with van der Waals surface area (Å²) in [4.78, 5) is 29.6. The minimum Gasteiger partial charge on any atom is -0.497 e. The third-order valence-corrected chi connectivity index (χ3v) is 9.13. The lowest BCUT2D eigenvalue weighted by Crippen LogP contribution is -2.53. The Balaban J connectivity index is 1.77. The molecule has 0 aliphatic heterocycles. The van der Waals surface area contributed by atoms with Crippen LogP contribution in [0.4, 0.5) is 10.1 Å². The average molecular weight is 632 g/mol. The van der Waals surface area contributed by atoms with Gasteiger partial charge in [-0.25, -0.2) is 12.8 Å². The van der Waals surface area contributed by atoms with Gasteiger partial charge in [-0.2, -0.15) is 0 Å². The monoisotopic (exact) mass is 631 g/mol. The quantitative estimate of drug-likeness (QED) is 0.173. The molecule has 0 radical (unpaired) electrons. The van der Waals surface area contributed by atoms with E-state index in [4.69, 9.17) is 4.74 Å². The molecule has 0 bridgehead atoms. The number of sulfonamides is 1. The van der Waals surface area contributed by atoms with Crippen LogP contribution in [0.5, 0.6) is 5.75 Å². The van der Waals surface area contributed by atoms with E-state index in [1.54, 1.807) is 54.6 Å². The average Bonchev–Trinajstić information content (AvgIpc) is 3.07. The van der Waals surface area contributed by atoms with Crippen LogP contribution in [-0.2, 0) is 32.6 Å². The first kappa shape index (κ1) is 33.2. The van der Waals surface area contributed by atoms with Gasteiger partial charge in [-0.15, -0.1) is 0 Å². The zero-order chi connectivity index (χ0) is 32.2. The number of methoxy groups -OCH3 is 1. The molecular weight excluding hydrogens is 593 g/mol. The molecule has 45 heavy (non-hydrogen) atoms. The van der Waals surface area contributed by atoms with Crippen molar-refractivity contribution in [3.63, 3.8) is 0 Å². The molecule has 0 aromatic heterocycles. The first-order valence-electron chi connectivity index (χ1n) is 14.8. The first-order chi connectivity index (χ1) is 21.7. The second kappa shape index (κ2) is 15.9. The lowest BCUT2D eigenvalue weighted by molar-refractivity contribution is -0.140. The molecule has 4 aromatic rings. The number of carbonyl (C=O) groups is 2. The molecule has 0 aliphatic rings. The second-order valence-corrected chi connectivity index (χ2v) is 12.4. The number of unbranched alkanes of at least 4 members (excludes halogenated alkanes) is 1.